The largest absolute Gasteiger partial charge is 0.467 e. The number of esters is 1. The van der Waals surface area contributed by atoms with Gasteiger partial charge in [-0.1, -0.05) is 18.2 Å². The van der Waals surface area contributed by atoms with Gasteiger partial charge in [-0.3, -0.25) is 4.90 Å². The zero-order chi connectivity index (χ0) is 13.9. The lowest BCUT2D eigenvalue weighted by Gasteiger charge is -2.33. The van der Waals surface area contributed by atoms with Gasteiger partial charge >= 0.3 is 5.97 Å². The van der Waals surface area contributed by atoms with E-state index in [4.69, 9.17) is 9.47 Å². The van der Waals surface area contributed by atoms with Crippen LogP contribution < -0.4 is 0 Å². The van der Waals surface area contributed by atoms with Crippen molar-refractivity contribution < 1.29 is 14.3 Å². The van der Waals surface area contributed by atoms with Gasteiger partial charge in [0.25, 0.3) is 0 Å². The number of carbonyl (C=O) groups is 1. The minimum absolute atomic E-state index is 0.268. The summed E-state index contributed by atoms with van der Waals surface area (Å²) in [7, 11) is 1.41. The van der Waals surface area contributed by atoms with E-state index in [0.29, 0.717) is 19.1 Å². The highest BCUT2D eigenvalue weighted by Gasteiger charge is 2.30. The summed E-state index contributed by atoms with van der Waals surface area (Å²) < 4.78 is 10.2. The normalized spacial score (nSPS) is 26.2. The highest BCUT2D eigenvalue weighted by molar-refractivity contribution is 7.99. The monoisotopic (exact) mass is 293 g/mol. The predicted molar refractivity (Wildman–Crippen MR) is 78.1 cm³/mol. The molecule has 1 aromatic rings. The SMILES string of the molecule is COC(=O)C1CN(CC2CSc3ccccc32)CCO1. The number of carbonyl (C=O) groups excluding carboxylic acids is 1. The fourth-order valence-electron chi connectivity index (χ4n) is 2.83. The standard InChI is InChI=1S/C15H19NO3S/c1-18-15(17)13-9-16(6-7-19-13)8-11-10-20-14-5-3-2-4-12(11)14/h2-5,11,13H,6-10H2,1H3. The minimum Gasteiger partial charge on any atom is -0.467 e. The molecule has 0 saturated carbocycles. The molecule has 1 fully saturated rings. The highest BCUT2D eigenvalue weighted by Crippen LogP contribution is 2.39. The fraction of sp³-hybridized carbons (Fsp3) is 0.533. The Morgan fingerprint density at radius 2 is 2.35 bits per heavy atom. The average Bonchev–Trinajstić information content (AvgIpc) is 2.90. The molecule has 0 aliphatic carbocycles. The Kier molecular flexibility index (Phi) is 4.29. The first-order valence-electron chi connectivity index (χ1n) is 6.91. The number of rotatable bonds is 3. The number of hydrogen-bond donors (Lipinski definition) is 0. The summed E-state index contributed by atoms with van der Waals surface area (Å²) >= 11 is 1.93. The van der Waals surface area contributed by atoms with Crippen LogP contribution in [0.1, 0.15) is 11.5 Å². The van der Waals surface area contributed by atoms with Crippen LogP contribution in [0.4, 0.5) is 0 Å². The summed E-state index contributed by atoms with van der Waals surface area (Å²) in [4.78, 5) is 15.3. The number of methoxy groups -OCH3 is 1. The molecule has 2 heterocycles. The molecular weight excluding hydrogens is 274 g/mol. The van der Waals surface area contributed by atoms with E-state index in [-0.39, 0.29) is 5.97 Å². The summed E-state index contributed by atoms with van der Waals surface area (Å²) in [5.74, 6) is 1.41. The van der Waals surface area contributed by atoms with Gasteiger partial charge in [-0.25, -0.2) is 4.79 Å². The Morgan fingerprint density at radius 1 is 1.50 bits per heavy atom. The fourth-order valence-corrected chi connectivity index (χ4v) is 4.08. The van der Waals surface area contributed by atoms with Gasteiger partial charge in [-0.05, 0) is 11.6 Å². The predicted octanol–water partition coefficient (Wildman–Crippen LogP) is 1.75. The van der Waals surface area contributed by atoms with Crippen molar-refractivity contribution in [2.75, 3.05) is 39.1 Å². The van der Waals surface area contributed by atoms with Crippen molar-refractivity contribution in [3.05, 3.63) is 29.8 Å². The van der Waals surface area contributed by atoms with Gasteiger partial charge in [0, 0.05) is 36.2 Å². The number of morpholine rings is 1. The molecule has 1 aromatic carbocycles. The van der Waals surface area contributed by atoms with E-state index in [1.165, 1.54) is 17.6 Å². The van der Waals surface area contributed by atoms with Crippen LogP contribution in [0.2, 0.25) is 0 Å². The lowest BCUT2D eigenvalue weighted by Crippen LogP contribution is -2.47. The van der Waals surface area contributed by atoms with Crippen LogP contribution in [0.15, 0.2) is 29.2 Å². The average molecular weight is 293 g/mol. The molecule has 2 aliphatic rings. The molecule has 0 bridgehead atoms. The molecule has 0 N–H and O–H groups in total. The lowest BCUT2D eigenvalue weighted by atomic mass is 10.0. The third-order valence-corrected chi connectivity index (χ3v) is 5.14. The molecule has 0 amide bonds. The topological polar surface area (TPSA) is 38.8 Å². The zero-order valence-electron chi connectivity index (χ0n) is 11.6. The van der Waals surface area contributed by atoms with Gasteiger partial charge < -0.3 is 9.47 Å². The van der Waals surface area contributed by atoms with E-state index < -0.39 is 6.10 Å². The van der Waals surface area contributed by atoms with Gasteiger partial charge in [0.05, 0.1) is 13.7 Å². The van der Waals surface area contributed by atoms with Crippen molar-refractivity contribution in [3.63, 3.8) is 0 Å². The van der Waals surface area contributed by atoms with E-state index in [0.717, 1.165) is 18.8 Å². The zero-order valence-corrected chi connectivity index (χ0v) is 12.4. The van der Waals surface area contributed by atoms with Gasteiger partial charge in [0.1, 0.15) is 0 Å². The van der Waals surface area contributed by atoms with Crippen molar-refractivity contribution in [2.45, 2.75) is 16.9 Å². The Morgan fingerprint density at radius 3 is 3.20 bits per heavy atom. The number of benzene rings is 1. The van der Waals surface area contributed by atoms with E-state index in [2.05, 4.69) is 29.2 Å². The first-order chi connectivity index (χ1) is 9.78. The van der Waals surface area contributed by atoms with E-state index in [1.54, 1.807) is 0 Å². The van der Waals surface area contributed by atoms with Crippen LogP contribution in [0.5, 0.6) is 0 Å². The van der Waals surface area contributed by atoms with Crippen molar-refractivity contribution in [1.29, 1.82) is 0 Å². The second-order valence-electron chi connectivity index (χ2n) is 5.19. The van der Waals surface area contributed by atoms with Crippen LogP contribution in [0, 0.1) is 0 Å². The Labute approximate surface area is 123 Å². The molecule has 2 atom stereocenters. The smallest absolute Gasteiger partial charge is 0.336 e. The molecule has 3 rings (SSSR count). The van der Waals surface area contributed by atoms with Crippen LogP contribution in [0.25, 0.3) is 0 Å². The molecule has 0 radical (unpaired) electrons. The molecule has 108 valence electrons. The minimum atomic E-state index is -0.432. The van der Waals surface area contributed by atoms with Crippen molar-refractivity contribution in [1.82, 2.24) is 4.90 Å². The molecule has 0 spiro atoms. The summed E-state index contributed by atoms with van der Waals surface area (Å²) in [5.41, 5.74) is 1.44. The van der Waals surface area contributed by atoms with Crippen LogP contribution in [-0.4, -0.2) is 56.1 Å². The number of hydrogen-bond acceptors (Lipinski definition) is 5. The lowest BCUT2D eigenvalue weighted by molar-refractivity contribution is -0.159. The number of thioether (sulfide) groups is 1. The van der Waals surface area contributed by atoms with Crippen LogP contribution in [-0.2, 0) is 14.3 Å². The first-order valence-corrected chi connectivity index (χ1v) is 7.90. The number of nitrogens with zero attached hydrogens (tertiary/aromatic N) is 1. The Balaban J connectivity index is 1.63. The molecular formula is C15H19NO3S. The number of fused-ring (bicyclic) bond motifs is 1. The second-order valence-corrected chi connectivity index (χ2v) is 6.25. The van der Waals surface area contributed by atoms with Gasteiger partial charge in [-0.15, -0.1) is 11.8 Å². The summed E-state index contributed by atoms with van der Waals surface area (Å²) in [6.07, 6.45) is -0.432. The number of ether oxygens (including phenoxy) is 2. The maximum absolute atomic E-state index is 11.6. The van der Waals surface area contributed by atoms with Crippen molar-refractivity contribution >= 4 is 17.7 Å². The van der Waals surface area contributed by atoms with Gasteiger partial charge in [-0.2, -0.15) is 0 Å². The van der Waals surface area contributed by atoms with Crippen molar-refractivity contribution in [3.8, 4) is 0 Å². The third kappa shape index (κ3) is 2.85. The molecule has 4 nitrogen and oxygen atoms in total. The highest BCUT2D eigenvalue weighted by atomic mass is 32.2. The maximum atomic E-state index is 11.6. The molecule has 2 unspecified atom stereocenters. The Bertz CT molecular complexity index is 494. The first kappa shape index (κ1) is 13.9. The molecule has 2 aliphatic heterocycles. The summed E-state index contributed by atoms with van der Waals surface area (Å²) in [6.45, 7) is 3.11. The van der Waals surface area contributed by atoms with E-state index >= 15 is 0 Å². The molecule has 0 aromatic heterocycles. The maximum Gasteiger partial charge on any atom is 0.336 e. The van der Waals surface area contributed by atoms with E-state index in [1.807, 2.05) is 11.8 Å². The summed E-state index contributed by atoms with van der Waals surface area (Å²) in [6, 6.07) is 8.61. The summed E-state index contributed by atoms with van der Waals surface area (Å²) in [5, 5.41) is 0. The molecule has 5 heteroatoms. The van der Waals surface area contributed by atoms with Crippen LogP contribution in [0.3, 0.4) is 0 Å². The third-order valence-electron chi connectivity index (χ3n) is 3.89. The Hall–Kier alpha value is -1.04. The van der Waals surface area contributed by atoms with Crippen LogP contribution >= 0.6 is 11.8 Å². The molecule has 20 heavy (non-hydrogen) atoms. The quantitative estimate of drug-likeness (QED) is 0.794. The van der Waals surface area contributed by atoms with Crippen molar-refractivity contribution in [2.24, 2.45) is 0 Å². The molecule has 1 saturated heterocycles. The van der Waals surface area contributed by atoms with E-state index in [9.17, 15) is 4.79 Å². The van der Waals surface area contributed by atoms with Gasteiger partial charge in [0.2, 0.25) is 0 Å². The second kappa shape index (κ2) is 6.16. The van der Waals surface area contributed by atoms with Gasteiger partial charge in [0.15, 0.2) is 6.10 Å².